The molecule has 1 atom stereocenters. The van der Waals surface area contributed by atoms with Crippen molar-refractivity contribution < 1.29 is 13.9 Å². The minimum absolute atomic E-state index is 0.0695. The number of halogens is 2. The average molecular weight is 290 g/mol. The molecule has 1 N–H and O–H groups in total. The highest BCUT2D eigenvalue weighted by Gasteiger charge is 2.16. The summed E-state index contributed by atoms with van der Waals surface area (Å²) in [5, 5.41) is 13.5. The van der Waals surface area contributed by atoms with E-state index in [9.17, 15) is 13.9 Å². The third-order valence-electron chi connectivity index (χ3n) is 3.28. The Balaban J connectivity index is 2.06. The lowest BCUT2D eigenvalue weighted by Crippen LogP contribution is -2.00. The number of aliphatic hydroxyl groups is 1. The summed E-state index contributed by atoms with van der Waals surface area (Å²) in [6, 6.07) is 13.6. The maximum Gasteiger partial charge on any atom is 0.263 e. The predicted octanol–water partition coefficient (Wildman–Crippen LogP) is 4.92. The standard InChI is InChI=1S/C16H12F2OS/c17-16(18)12-5-1-4-11(9-12)14(19)13-6-2-3-10-7-8-20-15(10)13/h1-9,14,16,19H. The Morgan fingerprint density at radius 3 is 2.50 bits per heavy atom. The Labute approximate surface area is 119 Å². The Morgan fingerprint density at radius 2 is 1.70 bits per heavy atom. The number of fused-ring (bicyclic) bond motifs is 1. The Morgan fingerprint density at radius 1 is 0.950 bits per heavy atom. The van der Waals surface area contributed by atoms with Crippen molar-refractivity contribution in [2.75, 3.05) is 0 Å². The summed E-state index contributed by atoms with van der Waals surface area (Å²) >= 11 is 1.54. The van der Waals surface area contributed by atoms with Crippen LogP contribution in [0.1, 0.15) is 29.2 Å². The molecule has 1 nitrogen and oxygen atoms in total. The number of alkyl halides is 2. The van der Waals surface area contributed by atoms with E-state index in [1.54, 1.807) is 12.1 Å². The Hall–Kier alpha value is -1.78. The minimum atomic E-state index is -2.53. The van der Waals surface area contributed by atoms with Gasteiger partial charge in [0.05, 0.1) is 0 Å². The van der Waals surface area contributed by atoms with Gasteiger partial charge in [-0.25, -0.2) is 8.78 Å². The first-order chi connectivity index (χ1) is 9.66. The molecule has 0 bridgehead atoms. The SMILES string of the molecule is OC(c1cccc(C(F)F)c1)c1cccc2ccsc12. The van der Waals surface area contributed by atoms with Crippen molar-refractivity contribution in [3.8, 4) is 0 Å². The van der Waals surface area contributed by atoms with E-state index in [0.717, 1.165) is 15.6 Å². The van der Waals surface area contributed by atoms with Crippen LogP contribution >= 0.6 is 11.3 Å². The van der Waals surface area contributed by atoms with Crippen molar-refractivity contribution >= 4 is 21.4 Å². The van der Waals surface area contributed by atoms with E-state index in [4.69, 9.17) is 0 Å². The van der Waals surface area contributed by atoms with E-state index in [0.29, 0.717) is 5.56 Å². The topological polar surface area (TPSA) is 20.2 Å². The van der Waals surface area contributed by atoms with Gasteiger partial charge < -0.3 is 5.11 Å². The normalized spacial score (nSPS) is 13.0. The van der Waals surface area contributed by atoms with Gasteiger partial charge in [-0.05, 0) is 28.5 Å². The average Bonchev–Trinajstić information content (AvgIpc) is 2.95. The van der Waals surface area contributed by atoms with E-state index in [1.807, 2.05) is 29.6 Å². The van der Waals surface area contributed by atoms with Crippen LogP contribution in [0, 0.1) is 0 Å². The summed E-state index contributed by atoms with van der Waals surface area (Å²) in [5.74, 6) is 0. The molecule has 2 aromatic carbocycles. The molecule has 0 saturated heterocycles. The van der Waals surface area contributed by atoms with Crippen molar-refractivity contribution in [3.63, 3.8) is 0 Å². The van der Waals surface area contributed by atoms with E-state index in [2.05, 4.69) is 0 Å². The molecule has 0 aliphatic heterocycles. The molecule has 0 fully saturated rings. The van der Waals surface area contributed by atoms with E-state index < -0.39 is 12.5 Å². The molecule has 0 aliphatic rings. The van der Waals surface area contributed by atoms with E-state index in [-0.39, 0.29) is 5.56 Å². The van der Waals surface area contributed by atoms with Gasteiger partial charge in [-0.3, -0.25) is 0 Å². The smallest absolute Gasteiger partial charge is 0.263 e. The van der Waals surface area contributed by atoms with Crippen molar-refractivity contribution in [2.24, 2.45) is 0 Å². The largest absolute Gasteiger partial charge is 0.384 e. The zero-order valence-electron chi connectivity index (χ0n) is 10.5. The molecule has 3 rings (SSSR count). The summed E-state index contributed by atoms with van der Waals surface area (Å²) in [5.41, 5.74) is 1.17. The van der Waals surface area contributed by atoms with Crippen LogP contribution in [0.5, 0.6) is 0 Å². The summed E-state index contributed by atoms with van der Waals surface area (Å²) in [4.78, 5) is 0. The Kier molecular flexibility index (Phi) is 3.51. The summed E-state index contributed by atoms with van der Waals surface area (Å²) in [6.07, 6.45) is -3.42. The van der Waals surface area contributed by atoms with Crippen molar-refractivity contribution in [1.82, 2.24) is 0 Å². The van der Waals surface area contributed by atoms with Gasteiger partial charge in [0.2, 0.25) is 0 Å². The van der Waals surface area contributed by atoms with Crippen LogP contribution in [0.3, 0.4) is 0 Å². The second kappa shape index (κ2) is 5.31. The quantitative estimate of drug-likeness (QED) is 0.726. The van der Waals surface area contributed by atoms with Crippen molar-refractivity contribution in [1.29, 1.82) is 0 Å². The predicted molar refractivity (Wildman–Crippen MR) is 77.3 cm³/mol. The maximum atomic E-state index is 12.7. The fourth-order valence-corrected chi connectivity index (χ4v) is 3.21. The van der Waals surface area contributed by atoms with Gasteiger partial charge in [0, 0.05) is 15.8 Å². The molecule has 20 heavy (non-hydrogen) atoms. The number of hydrogen-bond donors (Lipinski definition) is 1. The molecule has 0 aliphatic carbocycles. The number of thiophene rings is 1. The number of aliphatic hydroxyl groups excluding tert-OH is 1. The van der Waals surface area contributed by atoms with Gasteiger partial charge in [-0.15, -0.1) is 11.3 Å². The fourth-order valence-electron chi connectivity index (χ4n) is 2.28. The zero-order valence-corrected chi connectivity index (χ0v) is 11.3. The van der Waals surface area contributed by atoms with E-state index in [1.165, 1.54) is 23.5 Å². The molecule has 1 unspecified atom stereocenters. The number of hydrogen-bond acceptors (Lipinski definition) is 2. The molecule has 0 radical (unpaired) electrons. The monoisotopic (exact) mass is 290 g/mol. The first-order valence-corrected chi connectivity index (χ1v) is 7.07. The van der Waals surface area contributed by atoms with Gasteiger partial charge in [0.25, 0.3) is 6.43 Å². The maximum absolute atomic E-state index is 12.7. The molecule has 0 amide bonds. The summed E-state index contributed by atoms with van der Waals surface area (Å²) < 4.78 is 26.5. The summed E-state index contributed by atoms with van der Waals surface area (Å²) in [7, 11) is 0. The lowest BCUT2D eigenvalue weighted by molar-refractivity contribution is 0.150. The van der Waals surface area contributed by atoms with Gasteiger partial charge in [0.15, 0.2) is 0 Å². The van der Waals surface area contributed by atoms with Gasteiger partial charge >= 0.3 is 0 Å². The van der Waals surface area contributed by atoms with E-state index >= 15 is 0 Å². The van der Waals surface area contributed by atoms with Gasteiger partial charge in [-0.2, -0.15) is 0 Å². The highest BCUT2D eigenvalue weighted by atomic mass is 32.1. The van der Waals surface area contributed by atoms with Crippen molar-refractivity contribution in [2.45, 2.75) is 12.5 Å². The first kappa shape index (κ1) is 13.2. The van der Waals surface area contributed by atoms with Crippen LogP contribution in [-0.2, 0) is 0 Å². The molecule has 0 saturated carbocycles. The van der Waals surface area contributed by atoms with Crippen molar-refractivity contribution in [3.05, 3.63) is 70.6 Å². The van der Waals surface area contributed by atoms with Gasteiger partial charge in [0.1, 0.15) is 6.10 Å². The fraction of sp³-hybridized carbons (Fsp3) is 0.125. The van der Waals surface area contributed by atoms with Crippen LogP contribution in [0.25, 0.3) is 10.1 Å². The molecule has 1 aromatic heterocycles. The highest BCUT2D eigenvalue weighted by Crippen LogP contribution is 2.33. The highest BCUT2D eigenvalue weighted by molar-refractivity contribution is 7.17. The molecule has 4 heteroatoms. The van der Waals surface area contributed by atoms with Crippen LogP contribution in [0.4, 0.5) is 8.78 Å². The third kappa shape index (κ3) is 2.32. The molecule has 3 aromatic rings. The zero-order chi connectivity index (χ0) is 14.1. The molecular formula is C16H12F2OS. The first-order valence-electron chi connectivity index (χ1n) is 6.19. The Bertz CT molecular complexity index is 736. The third-order valence-corrected chi connectivity index (χ3v) is 4.26. The second-order valence-corrected chi connectivity index (χ2v) is 5.48. The van der Waals surface area contributed by atoms with Crippen LogP contribution in [0.15, 0.2) is 53.9 Å². The summed E-state index contributed by atoms with van der Waals surface area (Å²) in [6.45, 7) is 0. The van der Waals surface area contributed by atoms with Crippen LogP contribution in [-0.4, -0.2) is 5.11 Å². The second-order valence-electron chi connectivity index (χ2n) is 4.56. The molecular weight excluding hydrogens is 278 g/mol. The number of benzene rings is 2. The van der Waals surface area contributed by atoms with Crippen LogP contribution < -0.4 is 0 Å². The minimum Gasteiger partial charge on any atom is -0.384 e. The number of rotatable bonds is 3. The molecule has 102 valence electrons. The molecule has 0 spiro atoms. The van der Waals surface area contributed by atoms with Gasteiger partial charge in [-0.1, -0.05) is 36.4 Å². The molecule has 1 heterocycles. The van der Waals surface area contributed by atoms with Crippen LogP contribution in [0.2, 0.25) is 0 Å². The lowest BCUT2D eigenvalue weighted by Gasteiger charge is -2.13. The lowest BCUT2D eigenvalue weighted by atomic mass is 9.99.